The highest BCUT2D eigenvalue weighted by Gasteiger charge is 2.16. The van der Waals surface area contributed by atoms with Crippen LogP contribution in [-0.4, -0.2) is 23.6 Å². The van der Waals surface area contributed by atoms with Crippen molar-refractivity contribution in [2.75, 3.05) is 10.6 Å². The van der Waals surface area contributed by atoms with E-state index in [1.165, 1.54) is 30.3 Å². The zero-order valence-corrected chi connectivity index (χ0v) is 16.7. The first-order valence-corrected chi connectivity index (χ1v) is 9.37. The van der Waals surface area contributed by atoms with Crippen LogP contribution >= 0.6 is 0 Å². The molecule has 3 aromatic rings. The lowest BCUT2D eigenvalue weighted by Gasteiger charge is -2.12. The number of nitrogens with two attached hydrogens (primary N) is 2. The number of carbonyl (C=O) groups excluding carboxylic acids is 4. The standard InChI is InChI=1S/C22H20N6O4/c23-27-21(31)15-8-1-3-10-17(15)25-19(29)13-6-5-7-14(12-13)20(30)26-18-11-4-2-9-16(18)22(32)28-24/h1-12H,23-24H2,(H,25,29)(H,26,30)(H,27,31)(H,28,32). The summed E-state index contributed by atoms with van der Waals surface area (Å²) in [5.74, 6) is 8.18. The molecule has 0 saturated heterocycles. The topological polar surface area (TPSA) is 168 Å². The highest BCUT2D eigenvalue weighted by Crippen LogP contribution is 2.18. The van der Waals surface area contributed by atoms with Crippen LogP contribution in [0.15, 0.2) is 72.8 Å². The smallest absolute Gasteiger partial charge is 0.267 e. The molecule has 0 spiro atoms. The fourth-order valence-corrected chi connectivity index (χ4v) is 2.93. The van der Waals surface area contributed by atoms with Crippen molar-refractivity contribution in [1.82, 2.24) is 10.9 Å². The van der Waals surface area contributed by atoms with Crippen LogP contribution in [0.2, 0.25) is 0 Å². The van der Waals surface area contributed by atoms with Gasteiger partial charge in [0, 0.05) is 11.1 Å². The summed E-state index contributed by atoms with van der Waals surface area (Å²) in [5, 5.41) is 5.27. The van der Waals surface area contributed by atoms with Crippen molar-refractivity contribution < 1.29 is 19.2 Å². The maximum absolute atomic E-state index is 12.7. The van der Waals surface area contributed by atoms with E-state index >= 15 is 0 Å². The number of hydrogen-bond donors (Lipinski definition) is 6. The maximum atomic E-state index is 12.7. The molecule has 0 fully saturated rings. The van der Waals surface area contributed by atoms with Crippen molar-refractivity contribution in [3.63, 3.8) is 0 Å². The van der Waals surface area contributed by atoms with Crippen molar-refractivity contribution in [2.24, 2.45) is 11.7 Å². The van der Waals surface area contributed by atoms with Gasteiger partial charge in [0.25, 0.3) is 23.6 Å². The molecule has 4 amide bonds. The van der Waals surface area contributed by atoms with E-state index in [4.69, 9.17) is 11.7 Å². The van der Waals surface area contributed by atoms with Crippen molar-refractivity contribution in [1.29, 1.82) is 0 Å². The molecule has 10 heteroatoms. The second-order valence-corrected chi connectivity index (χ2v) is 6.53. The number of carbonyl (C=O) groups is 4. The van der Waals surface area contributed by atoms with Gasteiger partial charge in [-0.15, -0.1) is 0 Å². The molecule has 0 bridgehead atoms. The number of benzene rings is 3. The van der Waals surface area contributed by atoms with Crippen LogP contribution in [0.25, 0.3) is 0 Å². The number of hydrazine groups is 2. The predicted molar refractivity (Wildman–Crippen MR) is 119 cm³/mol. The summed E-state index contributed by atoms with van der Waals surface area (Å²) in [6.07, 6.45) is 0. The normalized spacial score (nSPS) is 10.1. The largest absolute Gasteiger partial charge is 0.321 e. The molecule has 32 heavy (non-hydrogen) atoms. The molecule has 0 heterocycles. The Bertz CT molecular complexity index is 1110. The lowest BCUT2D eigenvalue weighted by atomic mass is 10.1. The van der Waals surface area contributed by atoms with Gasteiger partial charge in [-0.2, -0.15) is 0 Å². The first-order valence-electron chi connectivity index (χ1n) is 9.37. The number of anilines is 2. The fraction of sp³-hybridized carbons (Fsp3) is 0. The second-order valence-electron chi connectivity index (χ2n) is 6.53. The molecule has 3 rings (SSSR count). The zero-order valence-electron chi connectivity index (χ0n) is 16.7. The molecule has 162 valence electrons. The molecule has 0 unspecified atom stereocenters. The van der Waals surface area contributed by atoms with E-state index in [-0.39, 0.29) is 33.6 Å². The van der Waals surface area contributed by atoms with Gasteiger partial charge < -0.3 is 10.6 Å². The molecule has 0 radical (unpaired) electrons. The van der Waals surface area contributed by atoms with Crippen molar-refractivity contribution in [2.45, 2.75) is 0 Å². The lowest BCUT2D eigenvalue weighted by molar-refractivity contribution is 0.0945. The second kappa shape index (κ2) is 9.98. The van der Waals surface area contributed by atoms with Crippen LogP contribution in [0.4, 0.5) is 11.4 Å². The molecule has 10 nitrogen and oxygen atoms in total. The Morgan fingerprint density at radius 2 is 0.938 bits per heavy atom. The van der Waals surface area contributed by atoms with Gasteiger partial charge in [0.1, 0.15) is 0 Å². The minimum Gasteiger partial charge on any atom is -0.321 e. The summed E-state index contributed by atoms with van der Waals surface area (Å²) < 4.78 is 0. The summed E-state index contributed by atoms with van der Waals surface area (Å²) in [7, 11) is 0. The lowest BCUT2D eigenvalue weighted by Crippen LogP contribution is -2.31. The average Bonchev–Trinajstić information content (AvgIpc) is 2.83. The summed E-state index contributed by atoms with van der Waals surface area (Å²) in [4.78, 5) is 49.2. The Kier molecular flexibility index (Phi) is 6.91. The minimum atomic E-state index is -0.561. The van der Waals surface area contributed by atoms with Crippen molar-refractivity contribution >= 4 is 35.0 Å². The van der Waals surface area contributed by atoms with E-state index in [0.29, 0.717) is 0 Å². The van der Waals surface area contributed by atoms with Gasteiger partial charge in [0.2, 0.25) is 0 Å². The SMILES string of the molecule is NNC(=O)c1ccccc1NC(=O)c1cccc(C(=O)Nc2ccccc2C(=O)NN)c1. The number of rotatable bonds is 6. The summed E-state index contributed by atoms with van der Waals surface area (Å²) in [5.41, 5.74) is 5.31. The molecule has 0 aliphatic heterocycles. The van der Waals surface area contributed by atoms with Crippen molar-refractivity contribution in [3.8, 4) is 0 Å². The Hall–Kier alpha value is -4.54. The third kappa shape index (κ3) is 4.95. The molecular formula is C22H20N6O4. The van der Waals surface area contributed by atoms with E-state index in [0.717, 1.165) is 0 Å². The Morgan fingerprint density at radius 1 is 0.531 bits per heavy atom. The number of amides is 4. The monoisotopic (exact) mass is 432 g/mol. The van der Waals surface area contributed by atoms with E-state index in [9.17, 15) is 19.2 Å². The molecule has 0 aliphatic rings. The van der Waals surface area contributed by atoms with E-state index in [2.05, 4.69) is 10.6 Å². The van der Waals surface area contributed by atoms with Crippen LogP contribution in [-0.2, 0) is 0 Å². The molecule has 3 aromatic carbocycles. The number of nitrogens with one attached hydrogen (secondary N) is 4. The Labute approximate surface area is 182 Å². The van der Waals surface area contributed by atoms with Gasteiger partial charge in [-0.25, -0.2) is 11.7 Å². The molecule has 0 aliphatic carbocycles. The van der Waals surface area contributed by atoms with Gasteiger partial charge in [-0.05, 0) is 42.5 Å². The zero-order chi connectivity index (χ0) is 23.1. The Morgan fingerprint density at radius 3 is 1.34 bits per heavy atom. The Balaban J connectivity index is 1.81. The van der Waals surface area contributed by atoms with Crippen LogP contribution in [0.5, 0.6) is 0 Å². The number of hydrogen-bond acceptors (Lipinski definition) is 6. The van der Waals surface area contributed by atoms with Crippen molar-refractivity contribution in [3.05, 3.63) is 95.1 Å². The number of para-hydroxylation sites is 2. The van der Waals surface area contributed by atoms with Crippen LogP contribution in [0.1, 0.15) is 41.4 Å². The summed E-state index contributed by atoms with van der Waals surface area (Å²) in [6.45, 7) is 0. The first-order chi connectivity index (χ1) is 15.4. The first kappa shape index (κ1) is 22.2. The predicted octanol–water partition coefficient (Wildman–Crippen LogP) is 1.40. The van der Waals surface area contributed by atoms with Gasteiger partial charge in [0.05, 0.1) is 22.5 Å². The highest BCUT2D eigenvalue weighted by molar-refractivity contribution is 6.12. The third-order valence-electron chi connectivity index (χ3n) is 4.49. The van der Waals surface area contributed by atoms with E-state index in [1.54, 1.807) is 42.5 Å². The van der Waals surface area contributed by atoms with Crippen LogP contribution < -0.4 is 33.2 Å². The van der Waals surface area contributed by atoms with Crippen LogP contribution in [0, 0.1) is 0 Å². The highest BCUT2D eigenvalue weighted by atomic mass is 16.2. The van der Waals surface area contributed by atoms with E-state index in [1.807, 2.05) is 10.9 Å². The minimum absolute atomic E-state index is 0.187. The maximum Gasteiger partial charge on any atom is 0.267 e. The molecule has 0 atom stereocenters. The van der Waals surface area contributed by atoms with Crippen LogP contribution in [0.3, 0.4) is 0 Å². The third-order valence-corrected chi connectivity index (χ3v) is 4.49. The summed E-state index contributed by atoms with van der Waals surface area (Å²) >= 11 is 0. The molecule has 8 N–H and O–H groups in total. The summed E-state index contributed by atoms with van der Waals surface area (Å²) in [6, 6.07) is 18.7. The van der Waals surface area contributed by atoms with Gasteiger partial charge >= 0.3 is 0 Å². The quantitative estimate of drug-likeness (QED) is 0.195. The fourth-order valence-electron chi connectivity index (χ4n) is 2.93. The average molecular weight is 432 g/mol. The molecular weight excluding hydrogens is 412 g/mol. The molecule has 0 aromatic heterocycles. The molecule has 0 saturated carbocycles. The van der Waals surface area contributed by atoms with Gasteiger partial charge in [0.15, 0.2) is 0 Å². The van der Waals surface area contributed by atoms with Gasteiger partial charge in [-0.3, -0.25) is 30.0 Å². The van der Waals surface area contributed by atoms with Gasteiger partial charge in [-0.1, -0.05) is 30.3 Å². The van der Waals surface area contributed by atoms with E-state index < -0.39 is 23.6 Å². The number of nitrogen functional groups attached to an aromatic ring is 2.